The maximum absolute atomic E-state index is 6.35. The van der Waals surface area contributed by atoms with Crippen molar-refractivity contribution < 1.29 is 4.74 Å². The van der Waals surface area contributed by atoms with Gasteiger partial charge in [0.1, 0.15) is 0 Å². The molecule has 0 radical (unpaired) electrons. The fourth-order valence-corrected chi connectivity index (χ4v) is 9.35. The summed E-state index contributed by atoms with van der Waals surface area (Å²) >= 11 is 0.177. The van der Waals surface area contributed by atoms with Crippen molar-refractivity contribution in [2.45, 2.75) is 6.23 Å². The second kappa shape index (κ2) is 10.9. The Morgan fingerprint density at radius 3 is 1.79 bits per heavy atom. The van der Waals surface area contributed by atoms with Gasteiger partial charge in [-0.1, -0.05) is 60.7 Å². The summed E-state index contributed by atoms with van der Waals surface area (Å²) < 4.78 is 9.13. The Labute approximate surface area is 282 Å². The van der Waals surface area contributed by atoms with Crippen molar-refractivity contribution in [3.63, 3.8) is 0 Å². The summed E-state index contributed by atoms with van der Waals surface area (Å²) in [5, 5.41) is 11.2. The maximum Gasteiger partial charge on any atom is -0.0512 e. The molecule has 1 unspecified atom stereocenters. The molecule has 48 heavy (non-hydrogen) atoms. The third-order valence-electron chi connectivity index (χ3n) is 9.14. The van der Waals surface area contributed by atoms with Crippen LogP contribution in [0.1, 0.15) is 11.8 Å². The first-order chi connectivity index (χ1) is 23.7. The Morgan fingerprint density at radius 2 is 1.10 bits per heavy atom. The van der Waals surface area contributed by atoms with Crippen LogP contribution in [0.4, 0.5) is 5.69 Å². The average molecular weight is 682 g/mol. The number of aromatic nitrogens is 3. The Balaban J connectivity index is 1.09. The van der Waals surface area contributed by atoms with Gasteiger partial charge < -0.3 is 0 Å². The van der Waals surface area contributed by atoms with Crippen LogP contribution in [-0.2, 0) is 0 Å². The van der Waals surface area contributed by atoms with E-state index in [1.165, 1.54) is 35.5 Å². The van der Waals surface area contributed by atoms with Crippen molar-refractivity contribution in [1.82, 2.24) is 15.0 Å². The van der Waals surface area contributed by atoms with Crippen molar-refractivity contribution in [2.75, 3.05) is 5.32 Å². The molecule has 0 bridgehead atoms. The van der Waals surface area contributed by atoms with E-state index >= 15 is 0 Å². The molecule has 0 saturated heterocycles. The third kappa shape index (κ3) is 4.49. The fraction of sp³-hybridized carbons (Fsp3) is 0.0238. The number of ether oxygens (including phenoxy) is 1. The minimum Gasteiger partial charge on any atom is -0.0615 e. The molecule has 5 nitrogen and oxygen atoms in total. The molecule has 0 saturated carbocycles. The smallest absolute Gasteiger partial charge is 0.0512 e. The number of hydrogen-bond acceptors (Lipinski definition) is 5. The predicted molar refractivity (Wildman–Crippen MR) is 197 cm³/mol. The van der Waals surface area contributed by atoms with E-state index in [1.54, 1.807) is 0 Å². The number of nitrogens with one attached hydrogen (secondary N) is 1. The Bertz CT molecular complexity index is 2620. The van der Waals surface area contributed by atoms with Gasteiger partial charge in [0.25, 0.3) is 0 Å². The molecule has 0 amide bonds. The molecular formula is C42H26N4OSe. The molecule has 7 aromatic carbocycles. The summed E-state index contributed by atoms with van der Waals surface area (Å²) in [7, 11) is 0. The molecule has 10 rings (SSSR count). The standard InChI is InChI=1S/C42H26N4OSe/c1-4-10-25(11-5-1)39-44-40(26-12-6-2-7-13-26)46-41(45-39)30-18-19-31-28(22-30)16-17-29-23-36-34(24-33(29)31)32-20-21-35-37(38(32)48-36)43-42(47-35)27-14-8-3-9-15-27/h1-24,42-43H. The van der Waals surface area contributed by atoms with E-state index in [1.807, 2.05) is 66.7 Å². The summed E-state index contributed by atoms with van der Waals surface area (Å²) in [6.07, 6.45) is -0.165. The molecule has 0 fully saturated rings. The summed E-state index contributed by atoms with van der Waals surface area (Å²) in [6.45, 7) is 0. The van der Waals surface area contributed by atoms with Gasteiger partial charge in [-0.25, -0.2) is 0 Å². The molecule has 0 spiro atoms. The summed E-state index contributed by atoms with van der Waals surface area (Å²) in [5.41, 5.74) is 5.15. The second-order valence-electron chi connectivity index (χ2n) is 12.1. The van der Waals surface area contributed by atoms with Crippen molar-refractivity contribution >= 4 is 61.0 Å². The van der Waals surface area contributed by atoms with Crippen LogP contribution >= 0.6 is 0 Å². The minimum absolute atomic E-state index is 0.165. The van der Waals surface area contributed by atoms with Crippen LogP contribution in [0.3, 0.4) is 0 Å². The van der Waals surface area contributed by atoms with E-state index in [0.29, 0.717) is 17.5 Å². The number of anilines is 1. The van der Waals surface area contributed by atoms with E-state index in [-0.39, 0.29) is 20.7 Å². The molecule has 1 aliphatic rings. The Morgan fingerprint density at radius 1 is 0.500 bits per heavy atom. The van der Waals surface area contributed by atoms with Gasteiger partial charge in [-0.2, -0.15) is 0 Å². The minimum atomic E-state index is -0.165. The molecular weight excluding hydrogens is 655 g/mol. The number of fused-ring (bicyclic) bond motifs is 8. The zero-order valence-electron chi connectivity index (χ0n) is 25.6. The number of benzene rings is 7. The molecule has 3 heterocycles. The maximum atomic E-state index is 6.35. The van der Waals surface area contributed by atoms with Gasteiger partial charge in [-0.05, 0) is 0 Å². The van der Waals surface area contributed by atoms with Gasteiger partial charge in [0, 0.05) is 0 Å². The fourth-order valence-electron chi connectivity index (χ4n) is 6.76. The first-order valence-electron chi connectivity index (χ1n) is 16.0. The van der Waals surface area contributed by atoms with Crippen molar-refractivity contribution in [3.05, 3.63) is 151 Å². The first-order valence-corrected chi connectivity index (χ1v) is 17.7. The zero-order valence-corrected chi connectivity index (χ0v) is 27.3. The second-order valence-corrected chi connectivity index (χ2v) is 14.3. The largest absolute Gasteiger partial charge is 0.0615 e. The van der Waals surface area contributed by atoms with Crippen LogP contribution in [0.2, 0.25) is 0 Å². The summed E-state index contributed by atoms with van der Waals surface area (Å²) in [5.74, 6) is 2.92. The van der Waals surface area contributed by atoms with Crippen molar-refractivity contribution in [1.29, 1.82) is 0 Å². The Hall–Kier alpha value is -5.81. The topological polar surface area (TPSA) is 59.9 Å². The third-order valence-corrected chi connectivity index (χ3v) is 11.6. The van der Waals surface area contributed by atoms with Crippen LogP contribution in [0, 0.1) is 0 Å². The van der Waals surface area contributed by atoms with Gasteiger partial charge in [0.2, 0.25) is 0 Å². The van der Waals surface area contributed by atoms with Crippen molar-refractivity contribution in [2.24, 2.45) is 0 Å². The van der Waals surface area contributed by atoms with Crippen LogP contribution in [0.5, 0.6) is 5.75 Å². The number of nitrogens with zero attached hydrogens (tertiary/aromatic N) is 3. The van der Waals surface area contributed by atoms with E-state index in [9.17, 15) is 0 Å². The van der Waals surface area contributed by atoms with Crippen molar-refractivity contribution in [3.8, 4) is 39.9 Å². The van der Waals surface area contributed by atoms with E-state index in [4.69, 9.17) is 19.7 Å². The molecule has 6 heteroatoms. The average Bonchev–Trinajstić information content (AvgIpc) is 3.76. The number of hydrogen-bond donors (Lipinski definition) is 1. The van der Waals surface area contributed by atoms with Crippen LogP contribution in [-0.4, -0.2) is 29.5 Å². The quantitative estimate of drug-likeness (QED) is 0.148. The van der Waals surface area contributed by atoms with Crippen LogP contribution in [0.15, 0.2) is 146 Å². The summed E-state index contributed by atoms with van der Waals surface area (Å²) in [6, 6.07) is 50.7. The molecule has 9 aromatic rings. The van der Waals surface area contributed by atoms with Gasteiger partial charge in [0.05, 0.1) is 0 Å². The molecule has 2 aromatic heterocycles. The van der Waals surface area contributed by atoms with Gasteiger partial charge >= 0.3 is 223 Å². The number of rotatable bonds is 4. The van der Waals surface area contributed by atoms with Crippen LogP contribution < -0.4 is 10.1 Å². The molecule has 0 aliphatic carbocycles. The molecule has 1 N–H and O–H groups in total. The first kappa shape index (κ1) is 27.3. The van der Waals surface area contributed by atoms with E-state index < -0.39 is 0 Å². The molecule has 226 valence electrons. The van der Waals surface area contributed by atoms with Gasteiger partial charge in [0.15, 0.2) is 0 Å². The van der Waals surface area contributed by atoms with Gasteiger partial charge in [-0.3, -0.25) is 0 Å². The summed E-state index contributed by atoms with van der Waals surface area (Å²) in [4.78, 5) is 14.8. The SMILES string of the molecule is c1ccc(-c2nc(-c3ccccc3)nc(-c3ccc4c(ccc5cc6[se]c7c8c(ccc7c6cc54)OC(c4ccccc4)N8)c3)n2)cc1. The van der Waals surface area contributed by atoms with Crippen LogP contribution in [0.25, 0.3) is 75.0 Å². The molecule has 1 atom stereocenters. The van der Waals surface area contributed by atoms with E-state index in [2.05, 4.69) is 84.2 Å². The predicted octanol–water partition coefficient (Wildman–Crippen LogP) is 10.0. The normalized spacial score (nSPS) is 14.0. The monoisotopic (exact) mass is 682 g/mol. The zero-order chi connectivity index (χ0) is 31.6. The molecule has 1 aliphatic heterocycles. The Kier molecular flexibility index (Phi) is 6.19. The van der Waals surface area contributed by atoms with Gasteiger partial charge in [-0.15, -0.1) is 0 Å². The van der Waals surface area contributed by atoms with E-state index in [0.717, 1.165) is 39.1 Å².